The summed E-state index contributed by atoms with van der Waals surface area (Å²) < 4.78 is 41.7. The van der Waals surface area contributed by atoms with E-state index in [0.29, 0.717) is 37.8 Å². The van der Waals surface area contributed by atoms with Gasteiger partial charge < -0.3 is 14.2 Å². The smallest absolute Gasteiger partial charge is 0.270 e. The molecule has 4 nitrogen and oxygen atoms in total. The van der Waals surface area contributed by atoms with Crippen molar-refractivity contribution in [2.45, 2.75) is 64.7 Å². The van der Waals surface area contributed by atoms with Gasteiger partial charge in [0.2, 0.25) is 0 Å². The average molecular weight is 495 g/mol. The number of halogens is 2. The fourth-order valence-electron chi connectivity index (χ4n) is 4.63. The normalized spacial score (nSPS) is 17.9. The van der Waals surface area contributed by atoms with Crippen molar-refractivity contribution in [3.63, 3.8) is 0 Å². The quantitative estimate of drug-likeness (QED) is 0.326. The van der Waals surface area contributed by atoms with E-state index < -0.39 is 5.92 Å². The van der Waals surface area contributed by atoms with E-state index in [0.717, 1.165) is 48.6 Å². The summed E-state index contributed by atoms with van der Waals surface area (Å²) in [6.07, 6.45) is 6.31. The van der Waals surface area contributed by atoms with Crippen LogP contribution in [-0.2, 0) is 39.5 Å². The topological polar surface area (TPSA) is 44.8 Å². The minimum absolute atomic E-state index is 0. The van der Waals surface area contributed by atoms with Gasteiger partial charge in [-0.3, -0.25) is 4.79 Å². The number of benzene rings is 2. The van der Waals surface area contributed by atoms with Gasteiger partial charge in [-0.05, 0) is 54.0 Å². The number of ketones is 1. The monoisotopic (exact) mass is 494 g/mol. The van der Waals surface area contributed by atoms with Gasteiger partial charge in [0, 0.05) is 41.9 Å². The first-order chi connectivity index (χ1) is 16.7. The molecule has 0 aromatic heterocycles. The van der Waals surface area contributed by atoms with Gasteiger partial charge in [-0.15, -0.1) is 0 Å². The van der Waals surface area contributed by atoms with E-state index in [1.165, 1.54) is 12.5 Å². The van der Waals surface area contributed by atoms with Crippen molar-refractivity contribution in [1.29, 1.82) is 0 Å². The number of hydrogen-bond acceptors (Lipinski definition) is 4. The third-order valence-electron chi connectivity index (χ3n) is 6.61. The molecule has 0 amide bonds. The van der Waals surface area contributed by atoms with Crippen molar-refractivity contribution in [2.75, 3.05) is 28.1 Å². The molecule has 2 unspecified atom stereocenters. The molecule has 1 aliphatic carbocycles. The van der Waals surface area contributed by atoms with Crippen LogP contribution in [-0.4, -0.2) is 33.9 Å². The minimum atomic E-state index is -2.84. The number of rotatable bonds is 10. The largest absolute Gasteiger partial charge is 0.496 e. The Morgan fingerprint density at radius 1 is 1.00 bits per heavy atom. The fourth-order valence-corrected chi connectivity index (χ4v) is 4.63. The highest BCUT2D eigenvalue weighted by Gasteiger charge is 2.27. The fraction of sp³-hybridized carbons (Fsp3) is 0.552. The Hall–Kier alpha value is -2.31. The number of alkyl halides is 2. The molecule has 35 heavy (non-hydrogen) atoms. The van der Waals surface area contributed by atoms with Crippen molar-refractivity contribution in [2.24, 2.45) is 11.8 Å². The highest BCUT2D eigenvalue weighted by atomic mass is 19.3. The van der Waals surface area contributed by atoms with Crippen LogP contribution in [0.3, 0.4) is 0 Å². The second-order valence-electron chi connectivity index (χ2n) is 9.44. The molecule has 0 bridgehead atoms. The molecular weight excluding hydrogens is 450 g/mol. The van der Waals surface area contributed by atoms with Gasteiger partial charge in [-0.2, -0.15) is 0 Å². The van der Waals surface area contributed by atoms with Gasteiger partial charge in [0.05, 0.1) is 7.11 Å². The highest BCUT2D eigenvalue weighted by Crippen LogP contribution is 2.32. The van der Waals surface area contributed by atoms with Crippen LogP contribution in [0.4, 0.5) is 8.78 Å². The maximum Gasteiger partial charge on any atom is 0.270 e. The number of Topliss-reactive ketones (excluding diaryl/α,β-unsaturated/α-hetero) is 1. The Balaban J connectivity index is 0.00000169. The summed E-state index contributed by atoms with van der Waals surface area (Å²) in [4.78, 5) is 12.8. The third-order valence-corrected chi connectivity index (χ3v) is 6.61. The molecule has 0 spiro atoms. The number of hydrogen-bond donors (Lipinski definition) is 0. The molecule has 1 aliphatic rings. The highest BCUT2D eigenvalue weighted by molar-refractivity contribution is 5.83. The summed E-state index contributed by atoms with van der Waals surface area (Å²) in [5.74, 6) is -1.10. The molecule has 1 saturated carbocycles. The van der Waals surface area contributed by atoms with Gasteiger partial charge in [-0.25, -0.2) is 8.78 Å². The van der Waals surface area contributed by atoms with Crippen molar-refractivity contribution in [3.05, 3.63) is 64.7 Å². The minimum Gasteiger partial charge on any atom is -0.496 e. The summed E-state index contributed by atoms with van der Waals surface area (Å²) in [6.45, 7) is 3.50. The van der Waals surface area contributed by atoms with Gasteiger partial charge >= 0.3 is 0 Å². The lowest BCUT2D eigenvalue weighted by molar-refractivity contribution is -0.124. The van der Waals surface area contributed by atoms with E-state index in [-0.39, 0.29) is 14.3 Å². The van der Waals surface area contributed by atoms with Crippen LogP contribution >= 0.6 is 0 Å². The van der Waals surface area contributed by atoms with E-state index in [1.54, 1.807) is 33.5 Å². The Labute approximate surface area is 211 Å². The Bertz CT molecular complexity index is 932. The first-order valence-electron chi connectivity index (χ1n) is 12.3. The van der Waals surface area contributed by atoms with Gasteiger partial charge in [0.25, 0.3) is 5.92 Å². The predicted molar refractivity (Wildman–Crippen MR) is 139 cm³/mol. The molecule has 0 radical (unpaired) electrons. The molecule has 0 saturated heterocycles. The zero-order valence-corrected chi connectivity index (χ0v) is 21.7. The molecule has 0 N–H and O–H groups in total. The van der Waals surface area contributed by atoms with Crippen LogP contribution in [0.15, 0.2) is 42.5 Å². The van der Waals surface area contributed by atoms with Gasteiger partial charge in [0.15, 0.2) is 0 Å². The first-order valence-corrected chi connectivity index (χ1v) is 12.3. The van der Waals surface area contributed by atoms with Gasteiger partial charge in [0.1, 0.15) is 18.3 Å². The Morgan fingerprint density at radius 3 is 2.31 bits per heavy atom. The zero-order chi connectivity index (χ0) is 25.8. The van der Waals surface area contributed by atoms with E-state index in [1.807, 2.05) is 24.3 Å². The molecule has 6 heteroatoms. The Kier molecular flexibility index (Phi) is 11.8. The number of ether oxygens (including phenoxy) is 3. The summed E-state index contributed by atoms with van der Waals surface area (Å²) in [5, 5.41) is 0. The van der Waals surface area contributed by atoms with Crippen LogP contribution in [0.5, 0.6) is 5.75 Å². The third kappa shape index (κ3) is 9.34. The molecule has 0 heterocycles. The molecule has 198 valence electrons. The van der Waals surface area contributed by atoms with E-state index >= 15 is 0 Å². The zero-order valence-electron chi connectivity index (χ0n) is 21.7. The first kappa shape index (κ1) is 28.9. The van der Waals surface area contributed by atoms with Crippen molar-refractivity contribution < 1.29 is 30.6 Å². The SMILES string of the molecule is COCOC.COc1cc(CC(=O)C2CCCCC2C)ccc1CCc1cccc(C(C)(F)F)c1.[HH].[HH]. The maximum absolute atomic E-state index is 13.6. The van der Waals surface area contributed by atoms with Crippen LogP contribution < -0.4 is 4.74 Å². The second-order valence-corrected chi connectivity index (χ2v) is 9.44. The molecule has 2 aromatic carbocycles. The van der Waals surface area contributed by atoms with Crippen molar-refractivity contribution in [3.8, 4) is 5.75 Å². The molecule has 3 rings (SSSR count). The lowest BCUT2D eigenvalue weighted by atomic mass is 9.77. The van der Waals surface area contributed by atoms with Gasteiger partial charge in [-0.1, -0.05) is 56.5 Å². The van der Waals surface area contributed by atoms with Crippen LogP contribution in [0.2, 0.25) is 0 Å². The standard InChI is InChI=1S/C26H32F2O2.C3H8O2.2H2/c1-18-7-4-5-10-23(18)24(29)16-20-12-14-21(25(17-20)30-3)13-11-19-8-6-9-22(15-19)26(2,27)28;1-4-3-5-2;;/h6,8-9,12,14-15,17-18,23H,4-5,7,10-11,13,16H2,1-3H3;3H2,1-2H3;2*1H. The number of carbonyl (C=O) groups is 1. The van der Waals surface area contributed by atoms with E-state index in [2.05, 4.69) is 16.4 Å². The molecule has 2 atom stereocenters. The second kappa shape index (κ2) is 14.3. The molecular formula is C29H44F2O4. The summed E-state index contributed by atoms with van der Waals surface area (Å²) in [6, 6.07) is 12.6. The average Bonchev–Trinajstić information content (AvgIpc) is 2.84. The van der Waals surface area contributed by atoms with E-state index in [4.69, 9.17) is 4.74 Å². The molecule has 0 aliphatic heterocycles. The Morgan fingerprint density at radius 2 is 1.71 bits per heavy atom. The molecule has 1 fully saturated rings. The number of aryl methyl sites for hydroxylation is 2. The summed E-state index contributed by atoms with van der Waals surface area (Å²) >= 11 is 0. The van der Waals surface area contributed by atoms with Crippen LogP contribution in [0, 0.1) is 11.8 Å². The number of carbonyl (C=O) groups excluding carboxylic acids is 1. The lowest BCUT2D eigenvalue weighted by Gasteiger charge is -2.27. The summed E-state index contributed by atoms with van der Waals surface area (Å²) in [7, 11) is 4.80. The predicted octanol–water partition coefficient (Wildman–Crippen LogP) is 7.26. The van der Waals surface area contributed by atoms with E-state index in [9.17, 15) is 13.6 Å². The van der Waals surface area contributed by atoms with Crippen LogP contribution in [0.1, 0.15) is 64.6 Å². The summed E-state index contributed by atoms with van der Waals surface area (Å²) in [5.41, 5.74) is 2.92. The number of methoxy groups -OCH3 is 3. The lowest BCUT2D eigenvalue weighted by Crippen LogP contribution is -2.26. The maximum atomic E-state index is 13.6. The van der Waals surface area contributed by atoms with Crippen molar-refractivity contribution in [1.82, 2.24) is 0 Å². The van der Waals surface area contributed by atoms with Crippen molar-refractivity contribution >= 4 is 5.78 Å². The molecule has 2 aromatic rings. The van der Waals surface area contributed by atoms with Crippen LogP contribution in [0.25, 0.3) is 0 Å².